The number of carbonyl (C=O) groups is 2. The molecule has 4 aliphatic rings. The van der Waals surface area contributed by atoms with E-state index in [2.05, 4.69) is 9.80 Å². The average molecular weight is 703 g/mol. The highest BCUT2D eigenvalue weighted by Crippen LogP contribution is 2.37. The number of likely N-dealkylation sites (tertiary alicyclic amines) is 2. The first-order valence-electron chi connectivity index (χ1n) is 16.6. The summed E-state index contributed by atoms with van der Waals surface area (Å²) in [4.78, 5) is 34.4. The second kappa shape index (κ2) is 14.1. The van der Waals surface area contributed by atoms with E-state index in [1.807, 2.05) is 4.90 Å². The van der Waals surface area contributed by atoms with E-state index in [0.29, 0.717) is 69.9 Å². The maximum Gasteiger partial charge on any atom is 0.416 e. The van der Waals surface area contributed by atoms with Crippen LogP contribution in [0.25, 0.3) is 0 Å². The molecule has 49 heavy (non-hydrogen) atoms. The zero-order valence-corrected chi connectivity index (χ0v) is 26.7. The number of amides is 2. The standard InChI is InChI=1S/C34H38F8N4O3/c35-29-2-1-21(14-30(29)36)13-28-18-26(4-7-46(28)32(48)23-15-24(33(37,38)39)17-25(16-23)34(40,41)42)43-8-10-44(11-9-43)27-3-6-45(19-27)31(47)22-5-12-49-20-22/h1-2,14-17,22,26-28H,3-13,18-20H2/t22?,26-,27+,28+/m0/s1. The Morgan fingerprint density at radius 2 is 1.39 bits per heavy atom. The van der Waals surface area contributed by atoms with Gasteiger partial charge in [0.25, 0.3) is 5.91 Å². The zero-order valence-electron chi connectivity index (χ0n) is 26.7. The third-order valence-corrected chi connectivity index (χ3v) is 10.4. The molecule has 4 saturated heterocycles. The Kier molecular flexibility index (Phi) is 10.3. The lowest BCUT2D eigenvalue weighted by Gasteiger charge is -2.47. The lowest BCUT2D eigenvalue weighted by molar-refractivity contribution is -0.143. The van der Waals surface area contributed by atoms with Gasteiger partial charge in [0.2, 0.25) is 5.91 Å². The van der Waals surface area contributed by atoms with E-state index >= 15 is 0 Å². The summed E-state index contributed by atoms with van der Waals surface area (Å²) < 4.78 is 115. The molecule has 4 fully saturated rings. The topological polar surface area (TPSA) is 56.3 Å². The van der Waals surface area contributed by atoms with E-state index in [9.17, 15) is 44.7 Å². The molecule has 0 radical (unpaired) electrons. The van der Waals surface area contributed by atoms with Gasteiger partial charge in [-0.1, -0.05) is 6.07 Å². The highest BCUT2D eigenvalue weighted by molar-refractivity contribution is 5.95. The maximum absolute atomic E-state index is 14.1. The number of hydrogen-bond donors (Lipinski definition) is 0. The van der Waals surface area contributed by atoms with E-state index in [1.54, 1.807) is 0 Å². The molecule has 268 valence electrons. The number of ether oxygens (including phenoxy) is 1. The Labute approximate surface area is 278 Å². The Hall–Kier alpha value is -3.30. The fourth-order valence-corrected chi connectivity index (χ4v) is 7.70. The number of halogens is 8. The minimum atomic E-state index is -5.12. The van der Waals surface area contributed by atoms with Crippen molar-refractivity contribution in [1.82, 2.24) is 19.6 Å². The molecule has 0 aromatic heterocycles. The zero-order chi connectivity index (χ0) is 35.1. The van der Waals surface area contributed by atoms with Gasteiger partial charge in [-0.3, -0.25) is 19.4 Å². The first-order valence-corrected chi connectivity index (χ1v) is 16.6. The molecule has 4 heterocycles. The van der Waals surface area contributed by atoms with E-state index in [-0.39, 0.29) is 42.9 Å². The first-order chi connectivity index (χ1) is 23.2. The van der Waals surface area contributed by atoms with Crippen LogP contribution in [-0.2, 0) is 28.3 Å². The first kappa shape index (κ1) is 35.5. The van der Waals surface area contributed by atoms with Gasteiger partial charge in [-0.15, -0.1) is 0 Å². The van der Waals surface area contributed by atoms with Crippen LogP contribution in [0.4, 0.5) is 35.1 Å². The minimum Gasteiger partial charge on any atom is -0.381 e. The second-order valence-electron chi connectivity index (χ2n) is 13.4. The highest BCUT2D eigenvalue weighted by atomic mass is 19.4. The molecule has 0 bridgehead atoms. The molecule has 15 heteroatoms. The fraction of sp³-hybridized carbons (Fsp3) is 0.588. The molecule has 7 nitrogen and oxygen atoms in total. The SMILES string of the molecule is O=C(C1CCOC1)N1CC[C@@H](N2CCN([C@H]3CCN(C(=O)c4cc(C(F)(F)F)cc(C(F)(F)F)c4)[C@H](Cc4ccc(F)c(F)c4)C3)CC2)C1. The summed E-state index contributed by atoms with van der Waals surface area (Å²) in [7, 11) is 0. The smallest absolute Gasteiger partial charge is 0.381 e. The van der Waals surface area contributed by atoms with E-state index in [4.69, 9.17) is 4.74 Å². The number of benzene rings is 2. The Morgan fingerprint density at radius 3 is 1.98 bits per heavy atom. The van der Waals surface area contributed by atoms with Crippen LogP contribution in [0.2, 0.25) is 0 Å². The van der Waals surface area contributed by atoms with Crippen molar-refractivity contribution in [3.05, 3.63) is 70.3 Å². The minimum absolute atomic E-state index is 0.0208. The number of carbonyl (C=O) groups excluding carboxylic acids is 2. The summed E-state index contributed by atoms with van der Waals surface area (Å²) in [5.74, 6) is -3.09. The van der Waals surface area contributed by atoms with Crippen molar-refractivity contribution in [2.45, 2.75) is 62.6 Å². The fourth-order valence-electron chi connectivity index (χ4n) is 7.70. The summed E-state index contributed by atoms with van der Waals surface area (Å²) in [5, 5.41) is 0. The molecule has 0 spiro atoms. The highest BCUT2D eigenvalue weighted by Gasteiger charge is 2.41. The van der Waals surface area contributed by atoms with Gasteiger partial charge in [0.15, 0.2) is 11.6 Å². The molecule has 2 amide bonds. The van der Waals surface area contributed by atoms with Gasteiger partial charge >= 0.3 is 12.4 Å². The average Bonchev–Trinajstić information content (AvgIpc) is 3.79. The van der Waals surface area contributed by atoms with Gasteiger partial charge < -0.3 is 14.5 Å². The van der Waals surface area contributed by atoms with Crippen LogP contribution in [0, 0.1) is 17.6 Å². The Morgan fingerprint density at radius 1 is 0.755 bits per heavy atom. The Balaban J connectivity index is 1.15. The van der Waals surface area contributed by atoms with Crippen molar-refractivity contribution in [2.24, 2.45) is 5.92 Å². The van der Waals surface area contributed by atoms with Crippen LogP contribution in [0.5, 0.6) is 0 Å². The Bertz CT molecular complexity index is 1490. The molecule has 2 aromatic rings. The van der Waals surface area contributed by atoms with Crippen LogP contribution < -0.4 is 0 Å². The van der Waals surface area contributed by atoms with Crippen molar-refractivity contribution < 1.29 is 49.4 Å². The van der Waals surface area contributed by atoms with Crippen molar-refractivity contribution >= 4 is 11.8 Å². The molecule has 2 aromatic carbocycles. The molecule has 0 N–H and O–H groups in total. The van der Waals surface area contributed by atoms with Crippen molar-refractivity contribution in [3.63, 3.8) is 0 Å². The summed E-state index contributed by atoms with van der Waals surface area (Å²) in [6.45, 7) is 5.38. The molecule has 4 atom stereocenters. The van der Waals surface area contributed by atoms with Crippen LogP contribution in [0.1, 0.15) is 52.7 Å². The number of piperidine rings is 1. The van der Waals surface area contributed by atoms with Crippen molar-refractivity contribution in [1.29, 1.82) is 0 Å². The number of nitrogens with zero attached hydrogens (tertiary/aromatic N) is 4. The second-order valence-corrected chi connectivity index (χ2v) is 13.4. The molecule has 0 aliphatic carbocycles. The van der Waals surface area contributed by atoms with Crippen LogP contribution in [0.3, 0.4) is 0 Å². The lowest BCUT2D eigenvalue weighted by atomic mass is 9.90. The van der Waals surface area contributed by atoms with Crippen molar-refractivity contribution in [2.75, 3.05) is 59.0 Å². The molecular formula is C34H38F8N4O3. The van der Waals surface area contributed by atoms with Crippen LogP contribution in [-0.4, -0.2) is 109 Å². The molecule has 6 rings (SSSR count). The third-order valence-electron chi connectivity index (χ3n) is 10.4. The van der Waals surface area contributed by atoms with Gasteiger partial charge in [0, 0.05) is 76.1 Å². The lowest BCUT2D eigenvalue weighted by Crippen LogP contribution is -2.58. The number of hydrogen-bond acceptors (Lipinski definition) is 5. The summed E-state index contributed by atoms with van der Waals surface area (Å²) in [5.41, 5.74) is -3.57. The van der Waals surface area contributed by atoms with Crippen molar-refractivity contribution in [3.8, 4) is 0 Å². The predicted octanol–water partition coefficient (Wildman–Crippen LogP) is 5.47. The normalized spacial score (nSPS) is 26.0. The number of piperazine rings is 1. The molecule has 1 unspecified atom stereocenters. The predicted molar refractivity (Wildman–Crippen MR) is 161 cm³/mol. The van der Waals surface area contributed by atoms with Gasteiger partial charge in [-0.2, -0.15) is 26.3 Å². The van der Waals surface area contributed by atoms with Crippen LogP contribution in [0.15, 0.2) is 36.4 Å². The summed E-state index contributed by atoms with van der Waals surface area (Å²) >= 11 is 0. The molecule has 4 aliphatic heterocycles. The van der Waals surface area contributed by atoms with Gasteiger partial charge in [0.05, 0.1) is 23.7 Å². The third kappa shape index (κ3) is 8.04. The summed E-state index contributed by atoms with van der Waals surface area (Å²) in [6.07, 6.45) is -7.81. The van der Waals surface area contributed by atoms with E-state index in [1.165, 1.54) is 11.0 Å². The quantitative estimate of drug-likeness (QED) is 0.374. The molecular weight excluding hydrogens is 664 g/mol. The number of alkyl halides is 6. The monoisotopic (exact) mass is 702 g/mol. The van der Waals surface area contributed by atoms with Gasteiger partial charge in [-0.25, -0.2) is 8.78 Å². The molecule has 0 saturated carbocycles. The number of rotatable bonds is 6. The van der Waals surface area contributed by atoms with Gasteiger partial charge in [0.1, 0.15) is 0 Å². The summed E-state index contributed by atoms with van der Waals surface area (Å²) in [6, 6.07) is 3.60. The van der Waals surface area contributed by atoms with E-state index in [0.717, 1.165) is 38.1 Å². The largest absolute Gasteiger partial charge is 0.416 e. The maximum atomic E-state index is 14.1. The van der Waals surface area contributed by atoms with Gasteiger partial charge in [-0.05, 0) is 68.0 Å². The van der Waals surface area contributed by atoms with Crippen LogP contribution >= 0.6 is 0 Å². The van der Waals surface area contributed by atoms with E-state index < -0.39 is 52.6 Å².